The molecule has 7 heteroatoms. The molecule has 0 aliphatic carbocycles. The third kappa shape index (κ3) is 2.39. The Labute approximate surface area is 126 Å². The van der Waals surface area contributed by atoms with Gasteiger partial charge in [0.05, 0.1) is 19.2 Å². The van der Waals surface area contributed by atoms with Crippen LogP contribution in [0.3, 0.4) is 0 Å². The summed E-state index contributed by atoms with van der Waals surface area (Å²) in [5, 5.41) is 4.44. The minimum Gasteiger partial charge on any atom is -0.398 e. The molecule has 2 N–H and O–H groups in total. The first-order valence-corrected chi connectivity index (χ1v) is 7.27. The molecule has 96 valence electrons. The predicted octanol–water partition coefficient (Wildman–Crippen LogP) is 4.46. The van der Waals surface area contributed by atoms with Crippen LogP contribution in [0.2, 0.25) is 5.02 Å². The summed E-state index contributed by atoms with van der Waals surface area (Å²) in [6.45, 7) is 0. The van der Waals surface area contributed by atoms with E-state index in [4.69, 9.17) is 21.9 Å². The molecule has 0 saturated carbocycles. The van der Waals surface area contributed by atoms with Gasteiger partial charge in [0.2, 0.25) is 5.82 Å². The highest BCUT2D eigenvalue weighted by Crippen LogP contribution is 2.35. The van der Waals surface area contributed by atoms with Crippen LogP contribution in [0.1, 0.15) is 0 Å². The first kappa shape index (κ1) is 12.7. The van der Waals surface area contributed by atoms with Gasteiger partial charge in [-0.05, 0) is 40.2 Å². The molecule has 0 saturated heterocycles. The average Bonchev–Trinajstić information content (AvgIpc) is 2.98. The van der Waals surface area contributed by atoms with Gasteiger partial charge < -0.3 is 10.3 Å². The number of thiophene rings is 1. The van der Waals surface area contributed by atoms with Crippen molar-refractivity contribution in [1.82, 2.24) is 10.1 Å². The van der Waals surface area contributed by atoms with Gasteiger partial charge in [0.1, 0.15) is 0 Å². The summed E-state index contributed by atoms with van der Waals surface area (Å²) in [5.74, 6) is 0.840. The summed E-state index contributed by atoms with van der Waals surface area (Å²) < 4.78 is 6.25. The van der Waals surface area contributed by atoms with Gasteiger partial charge in [0, 0.05) is 5.69 Å². The number of aromatic nitrogens is 2. The molecule has 2 aromatic heterocycles. The highest BCUT2D eigenvalue weighted by Gasteiger charge is 2.16. The quantitative estimate of drug-likeness (QED) is 0.688. The number of anilines is 1. The number of nitrogens with two attached hydrogens (primary N) is 1. The van der Waals surface area contributed by atoms with Gasteiger partial charge in [-0.2, -0.15) is 4.98 Å². The fourth-order valence-corrected chi connectivity index (χ4v) is 3.20. The molecule has 0 radical (unpaired) electrons. The Morgan fingerprint density at radius 3 is 2.79 bits per heavy atom. The number of nitrogen functional groups attached to an aromatic ring is 1. The van der Waals surface area contributed by atoms with Crippen LogP contribution in [0, 0.1) is 0 Å². The minimum absolute atomic E-state index is 0.322. The van der Waals surface area contributed by atoms with Crippen LogP contribution in [-0.4, -0.2) is 10.1 Å². The molecule has 0 amide bonds. The van der Waals surface area contributed by atoms with Gasteiger partial charge in [-0.15, -0.1) is 11.3 Å². The van der Waals surface area contributed by atoms with E-state index in [1.807, 2.05) is 12.1 Å². The molecule has 0 bridgehead atoms. The van der Waals surface area contributed by atoms with Gasteiger partial charge in [-0.25, -0.2) is 0 Å². The number of hydrogen-bond acceptors (Lipinski definition) is 5. The van der Waals surface area contributed by atoms with E-state index in [2.05, 4.69) is 26.1 Å². The van der Waals surface area contributed by atoms with E-state index in [1.54, 1.807) is 18.2 Å². The lowest BCUT2D eigenvalue weighted by atomic mass is 10.2. The molecule has 0 atom stereocenters. The van der Waals surface area contributed by atoms with Crippen molar-refractivity contribution in [2.45, 2.75) is 0 Å². The first-order valence-electron chi connectivity index (χ1n) is 5.29. The number of rotatable bonds is 2. The molecule has 3 rings (SSSR count). The van der Waals surface area contributed by atoms with Crippen LogP contribution < -0.4 is 5.73 Å². The minimum atomic E-state index is 0.322. The molecule has 2 heterocycles. The van der Waals surface area contributed by atoms with Crippen molar-refractivity contribution in [3.05, 3.63) is 39.1 Å². The van der Waals surface area contributed by atoms with Gasteiger partial charge in [-0.3, -0.25) is 0 Å². The zero-order chi connectivity index (χ0) is 13.4. The molecule has 0 unspecified atom stereocenters. The van der Waals surface area contributed by atoms with E-state index >= 15 is 0 Å². The average molecular weight is 357 g/mol. The summed E-state index contributed by atoms with van der Waals surface area (Å²) in [4.78, 5) is 5.24. The standard InChI is InChI=1S/C12H7BrClN3OS/c13-9-5-4-8(19-9)11-16-12(18-17-11)10-6(14)2-1-3-7(10)15/h1-5H,15H2. The Balaban J connectivity index is 2.06. The van der Waals surface area contributed by atoms with E-state index in [-0.39, 0.29) is 0 Å². The van der Waals surface area contributed by atoms with Crippen molar-refractivity contribution in [2.75, 3.05) is 5.73 Å². The summed E-state index contributed by atoms with van der Waals surface area (Å²) in [5.41, 5.74) is 6.97. The Morgan fingerprint density at radius 1 is 1.26 bits per heavy atom. The second-order valence-electron chi connectivity index (χ2n) is 3.73. The van der Waals surface area contributed by atoms with Crippen LogP contribution in [-0.2, 0) is 0 Å². The summed E-state index contributed by atoms with van der Waals surface area (Å²) in [7, 11) is 0. The van der Waals surface area contributed by atoms with Crippen molar-refractivity contribution in [3.8, 4) is 22.2 Å². The van der Waals surface area contributed by atoms with Crippen LogP contribution in [0.5, 0.6) is 0 Å². The number of nitrogens with zero attached hydrogens (tertiary/aromatic N) is 2. The molecule has 0 aliphatic heterocycles. The molecule has 1 aromatic carbocycles. The van der Waals surface area contributed by atoms with E-state index in [9.17, 15) is 0 Å². The lowest BCUT2D eigenvalue weighted by molar-refractivity contribution is 0.432. The Bertz CT molecular complexity index is 720. The number of benzene rings is 1. The second-order valence-corrected chi connectivity index (χ2v) is 6.60. The molecule has 3 aromatic rings. The Hall–Kier alpha value is -1.37. The fraction of sp³-hybridized carbons (Fsp3) is 0. The van der Waals surface area contributed by atoms with E-state index < -0.39 is 0 Å². The van der Waals surface area contributed by atoms with Gasteiger partial charge in [0.15, 0.2) is 0 Å². The lowest BCUT2D eigenvalue weighted by Crippen LogP contribution is -1.90. The van der Waals surface area contributed by atoms with Crippen molar-refractivity contribution >= 4 is 44.6 Å². The molecule has 0 fully saturated rings. The van der Waals surface area contributed by atoms with Crippen molar-refractivity contribution in [3.63, 3.8) is 0 Å². The third-order valence-corrected chi connectivity index (χ3v) is 4.41. The lowest BCUT2D eigenvalue weighted by Gasteiger charge is -2.01. The highest BCUT2D eigenvalue weighted by molar-refractivity contribution is 9.11. The zero-order valence-corrected chi connectivity index (χ0v) is 12.6. The zero-order valence-electron chi connectivity index (χ0n) is 9.43. The molecule has 19 heavy (non-hydrogen) atoms. The maximum atomic E-state index is 6.11. The van der Waals surface area contributed by atoms with Gasteiger partial charge >= 0.3 is 0 Å². The number of halogens is 2. The van der Waals surface area contributed by atoms with E-state index in [0.29, 0.717) is 28.0 Å². The summed E-state index contributed by atoms with van der Waals surface area (Å²) >= 11 is 11.0. The topological polar surface area (TPSA) is 64.9 Å². The highest BCUT2D eigenvalue weighted by atomic mass is 79.9. The molecule has 4 nitrogen and oxygen atoms in total. The van der Waals surface area contributed by atoms with Gasteiger partial charge in [0.25, 0.3) is 5.89 Å². The smallest absolute Gasteiger partial charge is 0.261 e. The maximum Gasteiger partial charge on any atom is 0.261 e. The summed E-state index contributed by atoms with van der Waals surface area (Å²) in [6.07, 6.45) is 0. The monoisotopic (exact) mass is 355 g/mol. The largest absolute Gasteiger partial charge is 0.398 e. The normalized spacial score (nSPS) is 10.8. The summed E-state index contributed by atoms with van der Waals surface area (Å²) in [6, 6.07) is 9.10. The van der Waals surface area contributed by atoms with E-state index in [1.165, 1.54) is 11.3 Å². The van der Waals surface area contributed by atoms with Crippen molar-refractivity contribution in [1.29, 1.82) is 0 Å². The van der Waals surface area contributed by atoms with Crippen LogP contribution in [0.4, 0.5) is 5.69 Å². The molecule has 0 spiro atoms. The SMILES string of the molecule is Nc1cccc(Cl)c1-c1nc(-c2ccc(Br)s2)no1. The molecule has 0 aliphatic rings. The van der Waals surface area contributed by atoms with Crippen LogP contribution in [0.15, 0.2) is 38.6 Å². The fourth-order valence-electron chi connectivity index (χ4n) is 1.63. The Morgan fingerprint density at radius 2 is 2.11 bits per heavy atom. The predicted molar refractivity (Wildman–Crippen MR) is 80.2 cm³/mol. The van der Waals surface area contributed by atoms with Crippen molar-refractivity contribution < 1.29 is 4.52 Å². The van der Waals surface area contributed by atoms with Gasteiger partial charge in [-0.1, -0.05) is 22.8 Å². The Kier molecular flexibility index (Phi) is 3.30. The van der Waals surface area contributed by atoms with E-state index in [0.717, 1.165) is 8.66 Å². The number of hydrogen-bond donors (Lipinski definition) is 1. The molecular formula is C12H7BrClN3OS. The first-order chi connectivity index (χ1) is 9.15. The van der Waals surface area contributed by atoms with Crippen molar-refractivity contribution in [2.24, 2.45) is 0 Å². The molecular weight excluding hydrogens is 350 g/mol. The second kappa shape index (κ2) is 4.96. The van der Waals surface area contributed by atoms with Crippen LogP contribution in [0.25, 0.3) is 22.2 Å². The van der Waals surface area contributed by atoms with Crippen LogP contribution >= 0.6 is 38.9 Å². The maximum absolute atomic E-state index is 6.11. The third-order valence-electron chi connectivity index (χ3n) is 2.48.